The van der Waals surface area contributed by atoms with E-state index < -0.39 is 0 Å². The van der Waals surface area contributed by atoms with Gasteiger partial charge in [0.1, 0.15) is 38.7 Å². The Balaban J connectivity index is 1.89. The van der Waals surface area contributed by atoms with E-state index in [9.17, 15) is 10.1 Å². The Bertz CT molecular complexity index is 1250. The topological polar surface area (TPSA) is 128 Å². The van der Waals surface area contributed by atoms with Crippen LogP contribution in [0.25, 0.3) is 21.5 Å². The minimum absolute atomic E-state index is 0.0627. The maximum atomic E-state index is 13.1. The number of rotatable bonds is 5. The maximum absolute atomic E-state index is 13.1. The highest BCUT2D eigenvalue weighted by atomic mass is 32.1. The molecule has 0 aliphatic carbocycles. The molecule has 0 radical (unpaired) electrons. The summed E-state index contributed by atoms with van der Waals surface area (Å²) in [5.74, 6) is 0.940. The molecule has 0 saturated heterocycles. The maximum Gasteiger partial charge on any atom is 0.205 e. The molecule has 0 amide bonds. The standard InChI is InChI=1S/C21H16N4O3S/c1-2-27-12-7-5-11(6-8-12)18(26)19-17(23)16-15(14-4-3-9-28-14)13(10-22)20(24)25-21(16)29-19/h3-9H,2,23H2,1H3,(H2,24,25). The van der Waals surface area contributed by atoms with E-state index in [4.69, 9.17) is 20.6 Å². The van der Waals surface area contributed by atoms with Crippen LogP contribution >= 0.6 is 11.3 Å². The Morgan fingerprint density at radius 1 is 1.28 bits per heavy atom. The van der Waals surface area contributed by atoms with Gasteiger partial charge in [-0.15, -0.1) is 11.3 Å². The van der Waals surface area contributed by atoms with Gasteiger partial charge >= 0.3 is 0 Å². The van der Waals surface area contributed by atoms with Crippen LogP contribution in [0.4, 0.5) is 11.5 Å². The van der Waals surface area contributed by atoms with E-state index in [1.54, 1.807) is 36.4 Å². The molecule has 4 aromatic rings. The van der Waals surface area contributed by atoms with Crippen LogP contribution in [0.3, 0.4) is 0 Å². The zero-order valence-corrected chi connectivity index (χ0v) is 16.2. The number of anilines is 2. The second-order valence-electron chi connectivity index (χ2n) is 6.15. The molecule has 1 aromatic carbocycles. The van der Waals surface area contributed by atoms with Crippen molar-refractivity contribution in [3.8, 4) is 23.1 Å². The monoisotopic (exact) mass is 404 g/mol. The van der Waals surface area contributed by atoms with Crippen molar-refractivity contribution < 1.29 is 13.9 Å². The second kappa shape index (κ2) is 7.30. The van der Waals surface area contributed by atoms with Gasteiger partial charge in [0.05, 0.1) is 24.1 Å². The first-order chi connectivity index (χ1) is 14.0. The fraction of sp³-hybridized carbons (Fsp3) is 0.0952. The SMILES string of the molecule is CCOc1ccc(C(=O)c2sc3nc(N)c(C#N)c(-c4ccco4)c3c2N)cc1. The number of carbonyl (C=O) groups is 1. The third-order valence-electron chi connectivity index (χ3n) is 4.42. The first kappa shape index (κ1) is 18.5. The van der Waals surface area contributed by atoms with Crippen molar-refractivity contribution in [2.24, 2.45) is 0 Å². The van der Waals surface area contributed by atoms with Gasteiger partial charge in [0.25, 0.3) is 0 Å². The quantitative estimate of drug-likeness (QED) is 0.476. The Hall–Kier alpha value is -3.83. The fourth-order valence-electron chi connectivity index (χ4n) is 3.12. The number of nitrogen functional groups attached to an aromatic ring is 2. The molecule has 8 heteroatoms. The van der Waals surface area contributed by atoms with Gasteiger partial charge in [-0.05, 0) is 43.3 Å². The summed E-state index contributed by atoms with van der Waals surface area (Å²) in [6.07, 6.45) is 1.49. The third kappa shape index (κ3) is 3.07. The summed E-state index contributed by atoms with van der Waals surface area (Å²) in [5.41, 5.74) is 13.7. The Morgan fingerprint density at radius 2 is 2.03 bits per heavy atom. The number of pyridine rings is 1. The Kier molecular flexibility index (Phi) is 4.66. The fourth-order valence-corrected chi connectivity index (χ4v) is 4.19. The van der Waals surface area contributed by atoms with Crippen LogP contribution < -0.4 is 16.2 Å². The summed E-state index contributed by atoms with van der Waals surface area (Å²) in [7, 11) is 0. The zero-order chi connectivity index (χ0) is 20.5. The van der Waals surface area contributed by atoms with Gasteiger partial charge in [0, 0.05) is 10.9 Å². The average molecular weight is 404 g/mol. The van der Waals surface area contributed by atoms with E-state index in [0.717, 1.165) is 11.3 Å². The van der Waals surface area contributed by atoms with Crippen molar-refractivity contribution in [2.45, 2.75) is 6.92 Å². The lowest BCUT2D eigenvalue weighted by atomic mass is 10.0. The lowest BCUT2D eigenvalue weighted by molar-refractivity contribution is 0.104. The largest absolute Gasteiger partial charge is 0.494 e. The van der Waals surface area contributed by atoms with Crippen molar-refractivity contribution in [3.05, 3.63) is 58.7 Å². The highest BCUT2D eigenvalue weighted by Gasteiger charge is 2.25. The zero-order valence-electron chi connectivity index (χ0n) is 15.4. The molecular weight excluding hydrogens is 388 g/mol. The van der Waals surface area contributed by atoms with Gasteiger partial charge < -0.3 is 20.6 Å². The van der Waals surface area contributed by atoms with Gasteiger partial charge in [-0.1, -0.05) is 0 Å². The number of carbonyl (C=O) groups excluding carboxylic acids is 1. The first-order valence-corrected chi connectivity index (χ1v) is 9.59. The molecule has 0 saturated carbocycles. The minimum Gasteiger partial charge on any atom is -0.494 e. The lowest BCUT2D eigenvalue weighted by Crippen LogP contribution is -2.03. The number of benzene rings is 1. The van der Waals surface area contributed by atoms with E-state index >= 15 is 0 Å². The van der Waals surface area contributed by atoms with Crippen LogP contribution in [0.5, 0.6) is 5.75 Å². The molecule has 0 aliphatic heterocycles. The predicted octanol–water partition coefficient (Wildman–Crippen LogP) is 4.22. The van der Waals surface area contributed by atoms with Gasteiger partial charge in [0.2, 0.25) is 5.78 Å². The molecule has 0 atom stereocenters. The lowest BCUT2D eigenvalue weighted by Gasteiger charge is -2.07. The molecule has 29 heavy (non-hydrogen) atoms. The number of hydrogen-bond acceptors (Lipinski definition) is 8. The molecule has 0 aliphatic rings. The van der Waals surface area contributed by atoms with E-state index in [2.05, 4.69) is 11.1 Å². The number of furan rings is 1. The number of thiophene rings is 1. The van der Waals surface area contributed by atoms with Crippen LogP contribution in [0.1, 0.15) is 27.7 Å². The van der Waals surface area contributed by atoms with E-state index in [1.165, 1.54) is 6.26 Å². The first-order valence-electron chi connectivity index (χ1n) is 8.78. The van der Waals surface area contributed by atoms with Crippen molar-refractivity contribution in [2.75, 3.05) is 18.1 Å². The van der Waals surface area contributed by atoms with Crippen molar-refractivity contribution in [3.63, 3.8) is 0 Å². The smallest absolute Gasteiger partial charge is 0.205 e. The molecule has 0 bridgehead atoms. The van der Waals surface area contributed by atoms with Gasteiger partial charge in [-0.25, -0.2) is 4.98 Å². The Morgan fingerprint density at radius 3 is 2.66 bits per heavy atom. The number of ether oxygens (including phenoxy) is 1. The highest BCUT2D eigenvalue weighted by Crippen LogP contribution is 2.43. The molecule has 0 spiro atoms. The number of ketones is 1. The number of fused-ring (bicyclic) bond motifs is 1. The number of nitriles is 1. The molecule has 0 unspecified atom stereocenters. The van der Waals surface area contributed by atoms with Crippen molar-refractivity contribution in [1.82, 2.24) is 4.98 Å². The van der Waals surface area contributed by atoms with Crippen LogP contribution in [-0.4, -0.2) is 17.4 Å². The van der Waals surface area contributed by atoms with Crippen LogP contribution in [0, 0.1) is 11.3 Å². The average Bonchev–Trinajstić information content (AvgIpc) is 3.36. The Labute approximate surface area is 170 Å². The second-order valence-corrected chi connectivity index (χ2v) is 7.15. The van der Waals surface area contributed by atoms with Crippen LogP contribution in [-0.2, 0) is 0 Å². The molecule has 0 fully saturated rings. The summed E-state index contributed by atoms with van der Waals surface area (Å²) >= 11 is 1.14. The minimum atomic E-state index is -0.240. The highest BCUT2D eigenvalue weighted by molar-refractivity contribution is 7.21. The summed E-state index contributed by atoms with van der Waals surface area (Å²) in [5, 5.41) is 10.1. The van der Waals surface area contributed by atoms with Crippen molar-refractivity contribution in [1.29, 1.82) is 5.26 Å². The molecular formula is C21H16N4O3S. The molecule has 4 N–H and O–H groups in total. The van der Waals surface area contributed by atoms with E-state index in [0.29, 0.717) is 44.3 Å². The van der Waals surface area contributed by atoms with Crippen LogP contribution in [0.15, 0.2) is 47.1 Å². The molecule has 4 rings (SSSR count). The number of nitrogens with zero attached hydrogens (tertiary/aromatic N) is 2. The molecule has 144 valence electrons. The molecule has 7 nitrogen and oxygen atoms in total. The summed E-state index contributed by atoms with van der Waals surface area (Å²) < 4.78 is 10.9. The third-order valence-corrected chi connectivity index (χ3v) is 5.52. The number of nitrogens with two attached hydrogens (primary N) is 2. The predicted molar refractivity (Wildman–Crippen MR) is 112 cm³/mol. The molecule has 3 aromatic heterocycles. The number of hydrogen-bond donors (Lipinski definition) is 2. The normalized spacial score (nSPS) is 10.8. The van der Waals surface area contributed by atoms with Crippen molar-refractivity contribution >= 4 is 38.8 Å². The summed E-state index contributed by atoms with van der Waals surface area (Å²) in [4.78, 5) is 18.2. The van der Waals surface area contributed by atoms with Gasteiger partial charge in [0.15, 0.2) is 0 Å². The van der Waals surface area contributed by atoms with E-state index in [-0.39, 0.29) is 22.9 Å². The van der Waals surface area contributed by atoms with Gasteiger partial charge in [-0.2, -0.15) is 5.26 Å². The summed E-state index contributed by atoms with van der Waals surface area (Å²) in [6, 6.07) is 12.3. The number of aromatic nitrogens is 1. The van der Waals surface area contributed by atoms with E-state index in [1.807, 2.05) is 6.92 Å². The summed E-state index contributed by atoms with van der Waals surface area (Å²) in [6.45, 7) is 2.43. The van der Waals surface area contributed by atoms with Crippen LogP contribution in [0.2, 0.25) is 0 Å². The molecule has 3 heterocycles. The van der Waals surface area contributed by atoms with Gasteiger partial charge in [-0.3, -0.25) is 4.79 Å².